The number of amides is 1. The summed E-state index contributed by atoms with van der Waals surface area (Å²) in [7, 11) is 1.58. The van der Waals surface area contributed by atoms with Crippen molar-refractivity contribution in [1.29, 1.82) is 0 Å². The molecule has 0 aliphatic heterocycles. The van der Waals surface area contributed by atoms with Crippen molar-refractivity contribution < 1.29 is 28.2 Å². The standard InChI is InChI=1S/C28H26F3N5O3/c1-27(39,16-37)18-9-10-20(23(32)15-18)25(33-19-6-4-3-5-7-19)34-26(38)17-8-11-22(28(29,30)31)21(14-17)24-12-13-36(2)35-24/h3-15,37,39H,16,32H2,1-2H3,(H,33,34,38). The van der Waals surface area contributed by atoms with Crippen molar-refractivity contribution in [2.24, 2.45) is 12.0 Å². The van der Waals surface area contributed by atoms with E-state index in [0.717, 1.165) is 18.2 Å². The van der Waals surface area contributed by atoms with E-state index in [9.17, 15) is 28.2 Å². The average Bonchev–Trinajstić information content (AvgIpc) is 3.34. The number of aromatic nitrogens is 2. The van der Waals surface area contributed by atoms with E-state index in [0.29, 0.717) is 16.8 Å². The fourth-order valence-corrected chi connectivity index (χ4v) is 3.87. The van der Waals surface area contributed by atoms with Crippen LogP contribution in [0.15, 0.2) is 84.0 Å². The summed E-state index contributed by atoms with van der Waals surface area (Å²) in [4.78, 5) is 17.8. The molecule has 8 nitrogen and oxygen atoms in total. The van der Waals surface area contributed by atoms with Crippen LogP contribution in [0, 0.1) is 0 Å². The third-order valence-electron chi connectivity index (χ3n) is 6.04. The summed E-state index contributed by atoms with van der Waals surface area (Å²) in [5.41, 5.74) is 4.84. The van der Waals surface area contributed by atoms with Gasteiger partial charge in [-0.15, -0.1) is 0 Å². The number of carbonyl (C=O) groups excluding carboxylic acids is 1. The number of amidine groups is 1. The lowest BCUT2D eigenvalue weighted by molar-refractivity contribution is -0.137. The van der Waals surface area contributed by atoms with Gasteiger partial charge >= 0.3 is 6.18 Å². The monoisotopic (exact) mass is 537 g/mol. The second-order valence-corrected chi connectivity index (χ2v) is 9.12. The largest absolute Gasteiger partial charge is 0.417 e. The van der Waals surface area contributed by atoms with Crippen molar-refractivity contribution in [1.82, 2.24) is 15.1 Å². The number of hydrogen-bond donors (Lipinski definition) is 4. The van der Waals surface area contributed by atoms with Gasteiger partial charge in [-0.1, -0.05) is 24.3 Å². The van der Waals surface area contributed by atoms with E-state index < -0.39 is 29.9 Å². The number of para-hydroxylation sites is 1. The van der Waals surface area contributed by atoms with Gasteiger partial charge in [-0.3, -0.25) is 9.48 Å². The average molecular weight is 538 g/mol. The summed E-state index contributed by atoms with van der Waals surface area (Å²) in [6.45, 7) is 0.881. The Hall–Kier alpha value is -4.48. The van der Waals surface area contributed by atoms with Gasteiger partial charge in [-0.2, -0.15) is 18.3 Å². The van der Waals surface area contributed by atoms with Crippen molar-refractivity contribution in [3.63, 3.8) is 0 Å². The maximum Gasteiger partial charge on any atom is 0.417 e. The number of benzene rings is 3. The first-order valence-electron chi connectivity index (χ1n) is 11.8. The number of aliphatic hydroxyl groups excluding tert-OH is 1. The molecule has 1 heterocycles. The Labute approximate surface area is 222 Å². The van der Waals surface area contributed by atoms with Crippen LogP contribution in [0.1, 0.15) is 34.0 Å². The van der Waals surface area contributed by atoms with E-state index in [-0.39, 0.29) is 28.3 Å². The van der Waals surface area contributed by atoms with Gasteiger partial charge in [0.25, 0.3) is 5.91 Å². The Morgan fingerprint density at radius 3 is 2.38 bits per heavy atom. The van der Waals surface area contributed by atoms with Crippen LogP contribution in [-0.2, 0) is 18.8 Å². The van der Waals surface area contributed by atoms with Crippen LogP contribution in [-0.4, -0.2) is 38.3 Å². The molecule has 0 bridgehead atoms. The highest BCUT2D eigenvalue weighted by atomic mass is 19.4. The van der Waals surface area contributed by atoms with E-state index in [1.54, 1.807) is 37.4 Å². The molecule has 3 aromatic carbocycles. The van der Waals surface area contributed by atoms with E-state index in [4.69, 9.17) is 5.73 Å². The molecule has 1 aromatic heterocycles. The van der Waals surface area contributed by atoms with Gasteiger partial charge in [0, 0.05) is 35.6 Å². The minimum atomic E-state index is -4.66. The van der Waals surface area contributed by atoms with Crippen molar-refractivity contribution in [2.45, 2.75) is 18.7 Å². The predicted molar refractivity (Wildman–Crippen MR) is 141 cm³/mol. The lowest BCUT2D eigenvalue weighted by atomic mass is 9.94. The molecule has 1 amide bonds. The Kier molecular flexibility index (Phi) is 7.57. The third kappa shape index (κ3) is 6.16. The molecule has 1 unspecified atom stereocenters. The lowest BCUT2D eigenvalue weighted by Gasteiger charge is -2.22. The number of hydrogen-bond acceptors (Lipinski definition) is 6. The van der Waals surface area contributed by atoms with Gasteiger partial charge in [0.05, 0.1) is 23.6 Å². The number of aryl methyl sites for hydroxylation is 1. The van der Waals surface area contributed by atoms with Gasteiger partial charge in [0.15, 0.2) is 0 Å². The molecule has 0 aliphatic rings. The molecule has 39 heavy (non-hydrogen) atoms. The van der Waals surface area contributed by atoms with E-state index in [1.807, 2.05) is 0 Å². The second kappa shape index (κ2) is 10.7. The number of aliphatic imine (C=N–C) groups is 1. The molecule has 0 aliphatic carbocycles. The van der Waals surface area contributed by atoms with Gasteiger partial charge < -0.3 is 21.3 Å². The fourth-order valence-electron chi connectivity index (χ4n) is 3.87. The number of nitrogens with one attached hydrogen (secondary N) is 1. The SMILES string of the molecule is Cn1ccc(-c2cc(C(=O)NC(=Nc3ccccc3)c3ccc(C(C)(O)CO)cc3N)ccc2C(F)(F)F)n1. The molecule has 1 atom stereocenters. The van der Waals surface area contributed by atoms with Crippen LogP contribution < -0.4 is 11.1 Å². The minimum absolute atomic E-state index is 0.0400. The molecule has 4 aromatic rings. The summed E-state index contributed by atoms with van der Waals surface area (Å²) in [6, 6.07) is 17.7. The summed E-state index contributed by atoms with van der Waals surface area (Å²) in [5.74, 6) is -0.681. The predicted octanol–water partition coefficient (Wildman–Crippen LogP) is 4.40. The van der Waals surface area contributed by atoms with Crippen molar-refractivity contribution in [3.05, 3.63) is 101 Å². The molecular weight excluding hydrogens is 511 g/mol. The first-order chi connectivity index (χ1) is 18.4. The maximum atomic E-state index is 13.7. The summed E-state index contributed by atoms with van der Waals surface area (Å²) in [5, 5.41) is 26.6. The molecular formula is C28H26F3N5O3. The summed E-state index contributed by atoms with van der Waals surface area (Å²) < 4.78 is 42.6. The second-order valence-electron chi connectivity index (χ2n) is 9.12. The normalized spacial score (nSPS) is 13.7. The number of nitrogens with zero attached hydrogens (tertiary/aromatic N) is 3. The van der Waals surface area contributed by atoms with Crippen molar-refractivity contribution >= 4 is 23.1 Å². The number of rotatable bonds is 6. The first-order valence-corrected chi connectivity index (χ1v) is 11.8. The van der Waals surface area contributed by atoms with Crippen molar-refractivity contribution in [3.8, 4) is 11.3 Å². The topological polar surface area (TPSA) is 126 Å². The lowest BCUT2D eigenvalue weighted by Crippen LogP contribution is -2.32. The Morgan fingerprint density at radius 2 is 1.79 bits per heavy atom. The number of anilines is 1. The zero-order valence-corrected chi connectivity index (χ0v) is 21.1. The van der Waals surface area contributed by atoms with Gasteiger partial charge in [0.2, 0.25) is 0 Å². The summed E-state index contributed by atoms with van der Waals surface area (Å²) in [6.07, 6.45) is -3.15. The number of nitrogens with two attached hydrogens (primary N) is 1. The molecule has 0 fully saturated rings. The Bertz CT molecular complexity index is 1530. The van der Waals surface area contributed by atoms with Crippen LogP contribution in [0.4, 0.5) is 24.5 Å². The van der Waals surface area contributed by atoms with Crippen LogP contribution in [0.25, 0.3) is 11.3 Å². The first kappa shape index (κ1) is 27.6. The quantitative estimate of drug-likeness (QED) is 0.165. The van der Waals surface area contributed by atoms with Crippen LogP contribution in [0.3, 0.4) is 0 Å². The molecule has 202 valence electrons. The smallest absolute Gasteiger partial charge is 0.398 e. The summed E-state index contributed by atoms with van der Waals surface area (Å²) >= 11 is 0. The molecule has 5 N–H and O–H groups in total. The molecule has 0 spiro atoms. The Morgan fingerprint density at radius 1 is 1.08 bits per heavy atom. The minimum Gasteiger partial charge on any atom is -0.398 e. The number of nitrogen functional groups attached to an aromatic ring is 1. The molecule has 4 rings (SSSR count). The highest BCUT2D eigenvalue weighted by molar-refractivity contribution is 6.15. The zero-order chi connectivity index (χ0) is 28.4. The van der Waals surface area contributed by atoms with Crippen LogP contribution in [0.5, 0.6) is 0 Å². The number of alkyl halides is 3. The van der Waals surface area contributed by atoms with Crippen molar-refractivity contribution in [2.75, 3.05) is 12.3 Å². The van der Waals surface area contributed by atoms with Crippen LogP contribution in [0.2, 0.25) is 0 Å². The molecule has 11 heteroatoms. The van der Waals surface area contributed by atoms with E-state index in [2.05, 4.69) is 15.4 Å². The third-order valence-corrected chi connectivity index (χ3v) is 6.04. The van der Waals surface area contributed by atoms with Gasteiger partial charge in [-0.05, 0) is 61.0 Å². The number of carbonyl (C=O) groups is 1. The van der Waals surface area contributed by atoms with E-state index in [1.165, 1.54) is 42.1 Å². The Balaban J connectivity index is 1.76. The molecule has 0 radical (unpaired) electrons. The van der Waals surface area contributed by atoms with E-state index >= 15 is 0 Å². The fraction of sp³-hybridized carbons (Fsp3) is 0.179. The molecule has 0 saturated heterocycles. The highest BCUT2D eigenvalue weighted by Gasteiger charge is 2.35. The highest BCUT2D eigenvalue weighted by Crippen LogP contribution is 2.37. The van der Waals surface area contributed by atoms with Gasteiger partial charge in [0.1, 0.15) is 11.4 Å². The van der Waals surface area contributed by atoms with Gasteiger partial charge in [-0.25, -0.2) is 4.99 Å². The maximum absolute atomic E-state index is 13.7. The number of halogens is 3. The van der Waals surface area contributed by atoms with Crippen LogP contribution >= 0.6 is 0 Å². The number of aliphatic hydroxyl groups is 2. The zero-order valence-electron chi connectivity index (χ0n) is 21.1. The molecule has 0 saturated carbocycles.